The van der Waals surface area contributed by atoms with E-state index in [1.165, 1.54) is 15.9 Å². The monoisotopic (exact) mass is 462 g/mol. The maximum absolute atomic E-state index is 13.3. The summed E-state index contributed by atoms with van der Waals surface area (Å²) >= 11 is 1.44. The van der Waals surface area contributed by atoms with Gasteiger partial charge in [-0.2, -0.15) is 0 Å². The van der Waals surface area contributed by atoms with Crippen molar-refractivity contribution < 1.29 is 4.74 Å². The Labute approximate surface area is 195 Å². The van der Waals surface area contributed by atoms with Gasteiger partial charge in [0, 0.05) is 31.1 Å². The number of benzene rings is 2. The molecule has 7 nitrogen and oxygen atoms in total. The molecule has 1 aliphatic heterocycles. The van der Waals surface area contributed by atoms with Crippen LogP contribution in [0.1, 0.15) is 13.1 Å². The van der Waals surface area contributed by atoms with Crippen LogP contribution in [0.3, 0.4) is 0 Å². The van der Waals surface area contributed by atoms with Crippen molar-refractivity contribution in [3.8, 4) is 16.2 Å². The van der Waals surface area contributed by atoms with Crippen LogP contribution >= 0.6 is 11.3 Å². The minimum atomic E-state index is -0.367. The van der Waals surface area contributed by atoms with E-state index in [1.807, 2.05) is 61.5 Å². The van der Waals surface area contributed by atoms with Gasteiger partial charge in [-0.1, -0.05) is 42.5 Å². The highest BCUT2D eigenvalue weighted by molar-refractivity contribution is 7.21. The van der Waals surface area contributed by atoms with Gasteiger partial charge in [-0.05, 0) is 30.7 Å². The van der Waals surface area contributed by atoms with Crippen molar-refractivity contribution in [3.63, 3.8) is 0 Å². The van der Waals surface area contributed by atoms with E-state index >= 15 is 0 Å². The van der Waals surface area contributed by atoms with E-state index in [0.29, 0.717) is 10.2 Å². The summed E-state index contributed by atoms with van der Waals surface area (Å²) in [7, 11) is 1.68. The number of ether oxygens (including phenoxy) is 1. The lowest BCUT2D eigenvalue weighted by Gasteiger charge is -2.39. The fourth-order valence-corrected chi connectivity index (χ4v) is 5.54. The molecule has 1 N–H and O–H groups in total. The second kappa shape index (κ2) is 8.88. The van der Waals surface area contributed by atoms with Gasteiger partial charge < -0.3 is 9.64 Å². The molecule has 1 fully saturated rings. The highest BCUT2D eigenvalue weighted by Crippen LogP contribution is 2.31. The van der Waals surface area contributed by atoms with E-state index in [-0.39, 0.29) is 17.4 Å². The van der Waals surface area contributed by atoms with Crippen LogP contribution in [0.4, 0.5) is 5.69 Å². The summed E-state index contributed by atoms with van der Waals surface area (Å²) in [6.45, 7) is 4.97. The molecule has 0 amide bonds. The zero-order valence-electron chi connectivity index (χ0n) is 18.7. The number of para-hydroxylation sites is 2. The van der Waals surface area contributed by atoms with Crippen molar-refractivity contribution in [1.82, 2.24) is 14.5 Å². The molecule has 3 heterocycles. The van der Waals surface area contributed by atoms with Gasteiger partial charge in [0.15, 0.2) is 0 Å². The average molecular weight is 463 g/mol. The van der Waals surface area contributed by atoms with Crippen molar-refractivity contribution in [2.45, 2.75) is 13.1 Å². The van der Waals surface area contributed by atoms with E-state index in [2.05, 4.69) is 20.9 Å². The second-order valence-electron chi connectivity index (χ2n) is 8.15. The average Bonchev–Trinajstić information content (AvgIpc) is 3.29. The number of piperazine rings is 1. The van der Waals surface area contributed by atoms with Gasteiger partial charge in [0.05, 0.1) is 24.3 Å². The summed E-state index contributed by atoms with van der Waals surface area (Å²) in [4.78, 5) is 35.2. The maximum Gasteiger partial charge on any atom is 0.330 e. The highest BCUT2D eigenvalue weighted by Gasteiger charge is 2.26. The molecule has 0 aliphatic carbocycles. The standard InChI is InChI=1S/C25H26N4O3S/c1-17(27-12-14-28(15-13-27)20-10-6-7-11-21(20)32-2)29-24(30)19-16-22(18-8-4-3-5-9-18)33-23(19)26-25(29)31/h3-11,16-17H,12-15H2,1-2H3,(H,26,31). The maximum atomic E-state index is 13.3. The van der Waals surface area contributed by atoms with E-state index in [1.54, 1.807) is 7.11 Å². The Balaban J connectivity index is 1.40. The Morgan fingerprint density at radius 3 is 2.39 bits per heavy atom. The fourth-order valence-electron chi connectivity index (χ4n) is 4.50. The predicted octanol–water partition coefficient (Wildman–Crippen LogP) is 3.77. The zero-order chi connectivity index (χ0) is 22.9. The zero-order valence-corrected chi connectivity index (χ0v) is 19.5. The van der Waals surface area contributed by atoms with Crippen molar-refractivity contribution >= 4 is 27.2 Å². The summed E-state index contributed by atoms with van der Waals surface area (Å²) in [5, 5.41) is 0.554. The summed E-state index contributed by atoms with van der Waals surface area (Å²) in [6, 6.07) is 19.8. The molecular weight excluding hydrogens is 436 g/mol. The van der Waals surface area contributed by atoms with Gasteiger partial charge >= 0.3 is 5.69 Å². The van der Waals surface area contributed by atoms with Crippen molar-refractivity contribution in [2.75, 3.05) is 38.2 Å². The van der Waals surface area contributed by atoms with Crippen LogP contribution in [0.25, 0.3) is 20.7 Å². The Bertz CT molecular complexity index is 1380. The van der Waals surface area contributed by atoms with Crippen LogP contribution in [0.2, 0.25) is 0 Å². The number of anilines is 1. The molecule has 1 aliphatic rings. The lowest BCUT2D eigenvalue weighted by Crippen LogP contribution is -2.51. The molecule has 0 saturated carbocycles. The lowest BCUT2D eigenvalue weighted by molar-refractivity contribution is 0.138. The van der Waals surface area contributed by atoms with Crippen molar-refractivity contribution in [1.29, 1.82) is 0 Å². The molecule has 2 aromatic heterocycles. The number of aromatic amines is 1. The Kier molecular flexibility index (Phi) is 5.78. The minimum absolute atomic E-state index is 0.244. The number of aromatic nitrogens is 2. The Hall–Kier alpha value is -3.36. The summed E-state index contributed by atoms with van der Waals surface area (Å²) in [5.41, 5.74) is 1.49. The van der Waals surface area contributed by atoms with Crippen LogP contribution in [-0.4, -0.2) is 47.7 Å². The summed E-state index contributed by atoms with van der Waals surface area (Å²) in [6.07, 6.45) is -0.342. The topological polar surface area (TPSA) is 70.6 Å². The molecule has 4 aromatic rings. The van der Waals surface area contributed by atoms with E-state index < -0.39 is 0 Å². The van der Waals surface area contributed by atoms with E-state index in [4.69, 9.17) is 4.74 Å². The van der Waals surface area contributed by atoms with Crippen molar-refractivity contribution in [2.24, 2.45) is 0 Å². The normalized spacial score (nSPS) is 15.6. The molecule has 33 heavy (non-hydrogen) atoms. The first-order valence-electron chi connectivity index (χ1n) is 11.0. The SMILES string of the molecule is COc1ccccc1N1CCN(C(C)n2c(=O)[nH]c3sc(-c4ccccc4)cc3c2=O)CC1. The number of fused-ring (bicyclic) bond motifs is 1. The van der Waals surface area contributed by atoms with Crippen LogP contribution in [0, 0.1) is 0 Å². The number of thiophene rings is 1. The third kappa shape index (κ3) is 3.96. The molecule has 170 valence electrons. The first kappa shape index (κ1) is 21.5. The van der Waals surface area contributed by atoms with Gasteiger partial charge in [-0.15, -0.1) is 11.3 Å². The molecule has 5 rings (SSSR count). The summed E-state index contributed by atoms with van der Waals surface area (Å²) < 4.78 is 6.85. The number of nitrogens with zero attached hydrogens (tertiary/aromatic N) is 3. The third-order valence-corrected chi connectivity index (χ3v) is 7.42. The molecule has 8 heteroatoms. The molecule has 0 spiro atoms. The Morgan fingerprint density at radius 1 is 0.970 bits per heavy atom. The molecule has 1 atom stereocenters. The number of H-pyrrole nitrogens is 1. The molecule has 1 unspecified atom stereocenters. The van der Waals surface area contributed by atoms with Gasteiger partial charge in [0.1, 0.15) is 10.6 Å². The van der Waals surface area contributed by atoms with E-state index in [0.717, 1.165) is 48.1 Å². The van der Waals surface area contributed by atoms with Crippen LogP contribution in [-0.2, 0) is 0 Å². The van der Waals surface area contributed by atoms with Crippen LogP contribution < -0.4 is 20.9 Å². The first-order chi connectivity index (χ1) is 16.1. The minimum Gasteiger partial charge on any atom is -0.495 e. The largest absolute Gasteiger partial charge is 0.495 e. The third-order valence-electron chi connectivity index (χ3n) is 6.32. The lowest BCUT2D eigenvalue weighted by atomic mass is 10.2. The first-order valence-corrected chi connectivity index (χ1v) is 11.8. The van der Waals surface area contributed by atoms with Crippen molar-refractivity contribution in [3.05, 3.63) is 81.5 Å². The molecule has 1 saturated heterocycles. The van der Waals surface area contributed by atoms with Gasteiger partial charge in [-0.25, -0.2) is 9.36 Å². The number of hydrogen-bond acceptors (Lipinski definition) is 6. The number of methoxy groups -OCH3 is 1. The fraction of sp³-hybridized carbons (Fsp3) is 0.280. The predicted molar refractivity (Wildman–Crippen MR) is 134 cm³/mol. The van der Waals surface area contributed by atoms with Gasteiger partial charge in [0.25, 0.3) is 5.56 Å². The van der Waals surface area contributed by atoms with Gasteiger partial charge in [0.2, 0.25) is 0 Å². The number of nitrogens with one attached hydrogen (secondary N) is 1. The van der Waals surface area contributed by atoms with Gasteiger partial charge in [-0.3, -0.25) is 14.7 Å². The van der Waals surface area contributed by atoms with Crippen LogP contribution in [0.5, 0.6) is 5.75 Å². The Morgan fingerprint density at radius 2 is 1.67 bits per heavy atom. The quantitative estimate of drug-likeness (QED) is 0.489. The highest BCUT2D eigenvalue weighted by atomic mass is 32.1. The number of hydrogen-bond donors (Lipinski definition) is 1. The summed E-state index contributed by atoms with van der Waals surface area (Å²) in [5.74, 6) is 0.851. The molecule has 0 bridgehead atoms. The van der Waals surface area contributed by atoms with E-state index in [9.17, 15) is 9.59 Å². The number of rotatable bonds is 5. The smallest absolute Gasteiger partial charge is 0.330 e. The molecule has 2 aromatic carbocycles. The molecule has 0 radical (unpaired) electrons. The van der Waals surface area contributed by atoms with Crippen LogP contribution in [0.15, 0.2) is 70.3 Å². The second-order valence-corrected chi connectivity index (χ2v) is 9.20. The molecular formula is C25H26N4O3S.